The molecule has 4 N–H and O–H groups in total. The second kappa shape index (κ2) is 13.3. The summed E-state index contributed by atoms with van der Waals surface area (Å²) in [7, 11) is 0. The van der Waals surface area contributed by atoms with Gasteiger partial charge in [0.1, 0.15) is 23.7 Å². The summed E-state index contributed by atoms with van der Waals surface area (Å²) in [5.41, 5.74) is 5.85. The number of rotatable bonds is 7. The van der Waals surface area contributed by atoms with Gasteiger partial charge >= 0.3 is 12.2 Å². The number of ether oxygens (including phenoxy) is 2. The highest BCUT2D eigenvalue weighted by Crippen LogP contribution is 2.35. The van der Waals surface area contributed by atoms with E-state index >= 15 is 0 Å². The van der Waals surface area contributed by atoms with Crippen LogP contribution in [0.5, 0.6) is 0 Å². The number of carbonyl (C=O) groups excluding carboxylic acids is 4. The van der Waals surface area contributed by atoms with Crippen molar-refractivity contribution in [2.75, 3.05) is 26.3 Å². The molecule has 4 atom stereocenters. The van der Waals surface area contributed by atoms with Gasteiger partial charge in [-0.3, -0.25) is 9.59 Å². The minimum atomic E-state index is -0.570. The van der Waals surface area contributed by atoms with Crippen LogP contribution in [0.2, 0.25) is 0 Å². The number of cyclic esters (lactones) is 2. The standard InChI is InChI=1S/C36H38N8O6/c45-33(25-13-17-49-35(47)41-25)43-15-1-3-29(43)31-37-19-27(39-31)23-9-5-21(6-10-23)22-7-11-24(12-8-22)28-20-38-32(40-28)30-4-2-16-44(30)34(46)26-14-18-50-36(48)42-26/h5-12,19-20,25-26,29-30H,1-4,13-18H2,(H,37,39)(H,38,40)(H,41,47)(H,42,48)/t25-,26?,29-,30-/m0/s1. The predicted molar refractivity (Wildman–Crippen MR) is 180 cm³/mol. The van der Waals surface area contributed by atoms with E-state index < -0.39 is 24.3 Å². The fourth-order valence-electron chi connectivity index (χ4n) is 7.44. The van der Waals surface area contributed by atoms with Crippen LogP contribution in [0.4, 0.5) is 9.59 Å². The third kappa shape index (κ3) is 6.16. The minimum Gasteiger partial charge on any atom is -0.449 e. The maximum absolute atomic E-state index is 13.2. The molecule has 4 aliphatic heterocycles. The molecule has 8 rings (SSSR count). The first kappa shape index (κ1) is 31.6. The van der Waals surface area contributed by atoms with E-state index in [1.165, 1.54) is 0 Å². The highest BCUT2D eigenvalue weighted by atomic mass is 16.6. The first-order valence-corrected chi connectivity index (χ1v) is 17.2. The summed E-state index contributed by atoms with van der Waals surface area (Å²) in [5.74, 6) is 1.29. The lowest BCUT2D eigenvalue weighted by Crippen LogP contribution is -2.51. The van der Waals surface area contributed by atoms with Crippen molar-refractivity contribution < 1.29 is 28.7 Å². The Hall–Kier alpha value is -5.66. The number of hydrogen-bond acceptors (Lipinski definition) is 8. The SMILES string of the molecule is O=C1NC(C(=O)N2CCC[C@H]2c2ncc(-c3ccc(-c4ccc(-c5cnc([C@@H]6CCCN6C(=O)[C@@H]6CCOC(=O)N6)[nH]5)cc4)cc3)[nH]2)CCO1. The van der Waals surface area contributed by atoms with Gasteiger partial charge in [-0.2, -0.15) is 0 Å². The van der Waals surface area contributed by atoms with Crippen LogP contribution in [-0.4, -0.2) is 92.1 Å². The van der Waals surface area contributed by atoms with Crippen LogP contribution in [0.1, 0.15) is 62.3 Å². The summed E-state index contributed by atoms with van der Waals surface area (Å²) >= 11 is 0. The molecular formula is C36H38N8O6. The molecule has 258 valence electrons. The number of carbonyl (C=O) groups is 4. The number of H-pyrrole nitrogens is 2. The first-order valence-electron chi connectivity index (χ1n) is 17.2. The second-order valence-electron chi connectivity index (χ2n) is 13.1. The van der Waals surface area contributed by atoms with Crippen LogP contribution in [0.25, 0.3) is 33.6 Å². The van der Waals surface area contributed by atoms with Crippen molar-refractivity contribution in [1.29, 1.82) is 0 Å². The van der Waals surface area contributed by atoms with E-state index in [-0.39, 0.29) is 37.1 Å². The molecule has 0 bridgehead atoms. The molecule has 2 aromatic heterocycles. The quantitative estimate of drug-likeness (QED) is 0.222. The molecule has 14 nitrogen and oxygen atoms in total. The number of amides is 4. The van der Waals surface area contributed by atoms with Crippen molar-refractivity contribution in [3.63, 3.8) is 0 Å². The van der Waals surface area contributed by atoms with E-state index in [1.54, 1.807) is 12.4 Å². The van der Waals surface area contributed by atoms with Crippen molar-refractivity contribution in [2.45, 2.75) is 62.7 Å². The topological polar surface area (TPSA) is 175 Å². The van der Waals surface area contributed by atoms with E-state index in [0.29, 0.717) is 25.9 Å². The number of hydrogen-bond donors (Lipinski definition) is 4. The maximum atomic E-state index is 13.2. The number of aromatic nitrogens is 4. The summed E-state index contributed by atoms with van der Waals surface area (Å²) in [6.45, 7) is 1.73. The van der Waals surface area contributed by atoms with Crippen molar-refractivity contribution in [2.24, 2.45) is 0 Å². The number of likely N-dealkylation sites (tertiary alicyclic amines) is 2. The Morgan fingerprint density at radius 1 is 0.600 bits per heavy atom. The van der Waals surface area contributed by atoms with Crippen LogP contribution in [0.3, 0.4) is 0 Å². The Kier molecular flexibility index (Phi) is 8.43. The molecular weight excluding hydrogens is 640 g/mol. The number of nitrogens with zero attached hydrogens (tertiary/aromatic N) is 4. The van der Waals surface area contributed by atoms with Gasteiger partial charge in [0.2, 0.25) is 11.8 Å². The summed E-state index contributed by atoms with van der Waals surface area (Å²) in [6, 6.07) is 15.0. The number of alkyl carbamates (subject to hydrolysis) is 2. The lowest BCUT2D eigenvalue weighted by molar-refractivity contribution is -0.136. The Labute approximate surface area is 287 Å². The molecule has 4 saturated heterocycles. The van der Waals surface area contributed by atoms with E-state index in [9.17, 15) is 19.2 Å². The number of benzene rings is 2. The van der Waals surface area contributed by atoms with Crippen LogP contribution in [0.15, 0.2) is 60.9 Å². The Morgan fingerprint density at radius 2 is 1.00 bits per heavy atom. The molecule has 1 unspecified atom stereocenters. The molecule has 4 fully saturated rings. The molecule has 4 aromatic rings. The summed E-state index contributed by atoms with van der Waals surface area (Å²) in [4.78, 5) is 69.5. The Balaban J connectivity index is 0.914. The fraction of sp³-hybridized carbons (Fsp3) is 0.389. The van der Waals surface area contributed by atoms with Crippen molar-refractivity contribution in [3.8, 4) is 33.6 Å². The van der Waals surface area contributed by atoms with Gasteiger partial charge in [-0.05, 0) is 47.9 Å². The van der Waals surface area contributed by atoms with Gasteiger partial charge in [-0.25, -0.2) is 19.6 Å². The smallest absolute Gasteiger partial charge is 0.407 e. The van der Waals surface area contributed by atoms with Crippen LogP contribution >= 0.6 is 0 Å². The Morgan fingerprint density at radius 3 is 1.40 bits per heavy atom. The zero-order chi connectivity index (χ0) is 34.2. The van der Waals surface area contributed by atoms with Gasteiger partial charge < -0.3 is 39.9 Å². The molecule has 14 heteroatoms. The molecule has 50 heavy (non-hydrogen) atoms. The predicted octanol–water partition coefficient (Wildman–Crippen LogP) is 4.46. The molecule has 0 aliphatic carbocycles. The van der Waals surface area contributed by atoms with Gasteiger partial charge in [0.15, 0.2) is 0 Å². The van der Waals surface area contributed by atoms with E-state index in [4.69, 9.17) is 9.47 Å². The highest BCUT2D eigenvalue weighted by molar-refractivity contribution is 5.87. The molecule has 2 aromatic carbocycles. The van der Waals surface area contributed by atoms with E-state index in [1.807, 2.05) is 9.80 Å². The summed E-state index contributed by atoms with van der Waals surface area (Å²) < 4.78 is 9.85. The van der Waals surface area contributed by atoms with Gasteiger partial charge in [-0.15, -0.1) is 0 Å². The van der Waals surface area contributed by atoms with Gasteiger partial charge in [0, 0.05) is 25.9 Å². The zero-order valence-electron chi connectivity index (χ0n) is 27.4. The second-order valence-corrected chi connectivity index (χ2v) is 13.1. The maximum Gasteiger partial charge on any atom is 0.407 e. The molecule has 0 radical (unpaired) electrons. The monoisotopic (exact) mass is 678 g/mol. The molecule has 0 spiro atoms. The third-order valence-corrected chi connectivity index (χ3v) is 10.1. The van der Waals surface area contributed by atoms with E-state index in [2.05, 4.69) is 79.1 Å². The van der Waals surface area contributed by atoms with Crippen molar-refractivity contribution in [3.05, 3.63) is 72.6 Å². The molecule has 6 heterocycles. The fourth-order valence-corrected chi connectivity index (χ4v) is 7.44. The number of nitrogens with one attached hydrogen (secondary N) is 4. The normalized spacial score (nSPS) is 23.6. The average Bonchev–Trinajstić information content (AvgIpc) is 3.98. The zero-order valence-corrected chi connectivity index (χ0v) is 27.4. The first-order chi connectivity index (χ1) is 24.4. The Bertz CT molecular complexity index is 1770. The lowest BCUT2D eigenvalue weighted by Gasteiger charge is -2.30. The van der Waals surface area contributed by atoms with Crippen LogP contribution < -0.4 is 10.6 Å². The van der Waals surface area contributed by atoms with E-state index in [0.717, 1.165) is 71.0 Å². The van der Waals surface area contributed by atoms with Gasteiger partial charge in [0.05, 0.1) is 49.1 Å². The number of imidazole rings is 2. The summed E-state index contributed by atoms with van der Waals surface area (Å²) in [5, 5.41) is 5.28. The molecule has 0 saturated carbocycles. The minimum absolute atomic E-state index is 0.0964. The van der Waals surface area contributed by atoms with Crippen LogP contribution in [-0.2, 0) is 19.1 Å². The third-order valence-electron chi connectivity index (χ3n) is 10.1. The van der Waals surface area contributed by atoms with Crippen LogP contribution in [0, 0.1) is 0 Å². The van der Waals surface area contributed by atoms with Crippen molar-refractivity contribution >= 4 is 24.0 Å². The average molecular weight is 679 g/mol. The summed E-state index contributed by atoms with van der Waals surface area (Å²) in [6.07, 6.45) is 6.78. The van der Waals surface area contributed by atoms with Gasteiger partial charge in [-0.1, -0.05) is 48.5 Å². The molecule has 4 amide bonds. The largest absolute Gasteiger partial charge is 0.449 e. The molecule has 4 aliphatic rings. The van der Waals surface area contributed by atoms with Gasteiger partial charge in [0.25, 0.3) is 0 Å². The highest BCUT2D eigenvalue weighted by Gasteiger charge is 2.39. The lowest BCUT2D eigenvalue weighted by atomic mass is 10.0. The number of aromatic amines is 2. The van der Waals surface area contributed by atoms with Crippen molar-refractivity contribution in [1.82, 2.24) is 40.4 Å².